The first kappa shape index (κ1) is 12.0. The Morgan fingerprint density at radius 2 is 1.72 bits per heavy atom. The molecular formula is C14H13NO3. The monoisotopic (exact) mass is 243 g/mol. The second-order valence-electron chi connectivity index (χ2n) is 3.90. The van der Waals surface area contributed by atoms with Gasteiger partial charge in [-0.25, -0.2) is 0 Å². The van der Waals surface area contributed by atoms with Crippen molar-refractivity contribution in [2.45, 2.75) is 0 Å². The van der Waals surface area contributed by atoms with Crippen LogP contribution in [0.3, 0.4) is 0 Å². The Kier molecular flexibility index (Phi) is 3.19. The van der Waals surface area contributed by atoms with Crippen LogP contribution in [0, 0.1) is 0 Å². The number of hydrogen-bond donors (Lipinski definition) is 2. The van der Waals surface area contributed by atoms with Crippen LogP contribution < -0.4 is 4.90 Å². The highest BCUT2D eigenvalue weighted by Crippen LogP contribution is 2.25. The third kappa shape index (κ3) is 2.27. The van der Waals surface area contributed by atoms with Gasteiger partial charge >= 0.3 is 0 Å². The summed E-state index contributed by atoms with van der Waals surface area (Å²) >= 11 is 0. The summed E-state index contributed by atoms with van der Waals surface area (Å²) < 4.78 is 0. The molecule has 0 aromatic heterocycles. The Morgan fingerprint density at radius 3 is 2.33 bits per heavy atom. The second-order valence-corrected chi connectivity index (χ2v) is 3.90. The van der Waals surface area contributed by atoms with Crippen LogP contribution >= 0.6 is 0 Å². The van der Waals surface area contributed by atoms with Crippen molar-refractivity contribution in [3.05, 3.63) is 54.1 Å². The van der Waals surface area contributed by atoms with E-state index in [4.69, 9.17) is 0 Å². The number of anilines is 1. The second kappa shape index (κ2) is 4.79. The quantitative estimate of drug-likeness (QED) is 0.851. The van der Waals surface area contributed by atoms with Gasteiger partial charge in [0.2, 0.25) is 0 Å². The molecule has 0 radical (unpaired) electrons. The normalized spacial score (nSPS) is 10.1. The zero-order chi connectivity index (χ0) is 13.1. The van der Waals surface area contributed by atoms with E-state index in [0.29, 0.717) is 0 Å². The zero-order valence-electron chi connectivity index (χ0n) is 9.87. The SMILES string of the molecule is CN(C(=O)c1ccc(O)cc1O)c1ccccc1. The van der Waals surface area contributed by atoms with Crippen LogP contribution in [0.4, 0.5) is 5.69 Å². The van der Waals surface area contributed by atoms with Gasteiger partial charge in [-0.2, -0.15) is 0 Å². The minimum atomic E-state index is -0.335. The van der Waals surface area contributed by atoms with E-state index in [1.807, 2.05) is 18.2 Å². The number of hydrogen-bond acceptors (Lipinski definition) is 3. The largest absolute Gasteiger partial charge is 0.508 e. The molecular weight excluding hydrogens is 230 g/mol. The number of phenolic OH excluding ortho intramolecular Hbond substituents is 2. The molecule has 4 nitrogen and oxygen atoms in total. The molecule has 0 aliphatic heterocycles. The summed E-state index contributed by atoms with van der Waals surface area (Å²) in [6, 6.07) is 13.0. The van der Waals surface area contributed by atoms with E-state index in [2.05, 4.69) is 0 Å². The molecule has 92 valence electrons. The van der Waals surface area contributed by atoms with Crippen molar-refractivity contribution in [3.8, 4) is 11.5 Å². The van der Waals surface area contributed by atoms with Crippen LogP contribution in [0.15, 0.2) is 48.5 Å². The lowest BCUT2D eigenvalue weighted by Gasteiger charge is -2.17. The Bertz CT molecular complexity index is 567. The van der Waals surface area contributed by atoms with E-state index in [1.165, 1.54) is 17.0 Å². The van der Waals surface area contributed by atoms with E-state index in [9.17, 15) is 15.0 Å². The molecule has 0 spiro atoms. The number of carbonyl (C=O) groups is 1. The van der Waals surface area contributed by atoms with E-state index >= 15 is 0 Å². The Morgan fingerprint density at radius 1 is 1.06 bits per heavy atom. The third-order valence-electron chi connectivity index (χ3n) is 2.66. The van der Waals surface area contributed by atoms with Gasteiger partial charge in [-0.05, 0) is 24.3 Å². The molecule has 0 unspecified atom stereocenters. The summed E-state index contributed by atoms with van der Waals surface area (Å²) in [4.78, 5) is 13.6. The van der Waals surface area contributed by atoms with Crippen molar-refractivity contribution >= 4 is 11.6 Å². The number of benzene rings is 2. The molecule has 18 heavy (non-hydrogen) atoms. The first-order valence-corrected chi connectivity index (χ1v) is 5.44. The van der Waals surface area contributed by atoms with Crippen LogP contribution in [-0.2, 0) is 0 Å². The minimum Gasteiger partial charge on any atom is -0.508 e. The van der Waals surface area contributed by atoms with Gasteiger partial charge < -0.3 is 15.1 Å². The summed E-state index contributed by atoms with van der Waals surface area (Å²) in [7, 11) is 1.63. The topological polar surface area (TPSA) is 60.8 Å². The minimum absolute atomic E-state index is 0.0774. The molecule has 0 bridgehead atoms. The maximum Gasteiger partial charge on any atom is 0.261 e. The summed E-state index contributed by atoms with van der Waals surface area (Å²) in [5.41, 5.74) is 0.883. The van der Waals surface area contributed by atoms with Gasteiger partial charge in [-0.3, -0.25) is 4.79 Å². The standard InChI is InChI=1S/C14H13NO3/c1-15(10-5-3-2-4-6-10)14(18)12-8-7-11(16)9-13(12)17/h2-9,16-17H,1H3. The number of phenols is 2. The number of nitrogens with zero attached hydrogens (tertiary/aromatic N) is 1. The van der Waals surface area contributed by atoms with Gasteiger partial charge in [-0.1, -0.05) is 18.2 Å². The zero-order valence-corrected chi connectivity index (χ0v) is 9.87. The van der Waals surface area contributed by atoms with E-state index < -0.39 is 0 Å². The first-order chi connectivity index (χ1) is 8.59. The van der Waals surface area contributed by atoms with Crippen molar-refractivity contribution < 1.29 is 15.0 Å². The van der Waals surface area contributed by atoms with Crippen molar-refractivity contribution in [1.82, 2.24) is 0 Å². The Hall–Kier alpha value is -2.49. The number of carbonyl (C=O) groups excluding carboxylic acids is 1. The van der Waals surface area contributed by atoms with E-state index in [1.54, 1.807) is 19.2 Å². The summed E-state index contributed by atoms with van der Waals surface area (Å²) in [6.07, 6.45) is 0. The fourth-order valence-electron chi connectivity index (χ4n) is 1.65. The molecule has 0 aliphatic carbocycles. The summed E-state index contributed by atoms with van der Waals surface area (Å²) in [5, 5.41) is 18.8. The lowest BCUT2D eigenvalue weighted by molar-refractivity contribution is 0.0990. The van der Waals surface area contributed by atoms with Crippen LogP contribution in [0.5, 0.6) is 11.5 Å². The Labute approximate surface area is 105 Å². The number of rotatable bonds is 2. The molecule has 2 rings (SSSR count). The molecule has 0 aliphatic rings. The molecule has 0 heterocycles. The molecule has 0 saturated heterocycles. The molecule has 0 fully saturated rings. The maximum absolute atomic E-state index is 12.2. The van der Waals surface area contributed by atoms with Crippen molar-refractivity contribution in [3.63, 3.8) is 0 Å². The Balaban J connectivity index is 2.32. The van der Waals surface area contributed by atoms with Gasteiger partial charge in [0, 0.05) is 18.8 Å². The molecule has 1 amide bonds. The average Bonchev–Trinajstić information content (AvgIpc) is 2.38. The van der Waals surface area contributed by atoms with Crippen molar-refractivity contribution in [1.29, 1.82) is 0 Å². The van der Waals surface area contributed by atoms with Crippen molar-refractivity contribution in [2.75, 3.05) is 11.9 Å². The van der Waals surface area contributed by atoms with Crippen molar-refractivity contribution in [2.24, 2.45) is 0 Å². The van der Waals surface area contributed by atoms with E-state index in [0.717, 1.165) is 11.8 Å². The third-order valence-corrected chi connectivity index (χ3v) is 2.66. The predicted octanol–water partition coefficient (Wildman–Crippen LogP) is 2.37. The maximum atomic E-state index is 12.2. The summed E-state index contributed by atoms with van der Waals surface area (Å²) in [5.74, 6) is -0.645. The summed E-state index contributed by atoms with van der Waals surface area (Å²) in [6.45, 7) is 0. The lowest BCUT2D eigenvalue weighted by Crippen LogP contribution is -2.26. The highest BCUT2D eigenvalue weighted by atomic mass is 16.3. The lowest BCUT2D eigenvalue weighted by atomic mass is 10.1. The van der Waals surface area contributed by atoms with Gasteiger partial charge in [0.05, 0.1) is 5.56 Å². The fourth-order valence-corrected chi connectivity index (χ4v) is 1.65. The first-order valence-electron chi connectivity index (χ1n) is 5.44. The number of amides is 1. The van der Waals surface area contributed by atoms with Gasteiger partial charge in [0.25, 0.3) is 5.91 Å². The highest BCUT2D eigenvalue weighted by molar-refractivity contribution is 6.07. The number of para-hydroxylation sites is 1. The van der Waals surface area contributed by atoms with Crippen LogP contribution in [0.1, 0.15) is 10.4 Å². The average molecular weight is 243 g/mol. The molecule has 0 saturated carbocycles. The van der Waals surface area contributed by atoms with E-state index in [-0.39, 0.29) is 23.0 Å². The molecule has 2 aromatic rings. The molecule has 2 aromatic carbocycles. The molecule has 0 atom stereocenters. The molecule has 2 N–H and O–H groups in total. The molecule has 4 heteroatoms. The highest BCUT2D eigenvalue weighted by Gasteiger charge is 2.17. The van der Waals surface area contributed by atoms with Crippen LogP contribution in [-0.4, -0.2) is 23.2 Å². The van der Waals surface area contributed by atoms with Crippen LogP contribution in [0.2, 0.25) is 0 Å². The smallest absolute Gasteiger partial charge is 0.261 e. The predicted molar refractivity (Wildman–Crippen MR) is 68.9 cm³/mol. The van der Waals surface area contributed by atoms with Gasteiger partial charge in [0.15, 0.2) is 0 Å². The van der Waals surface area contributed by atoms with Crippen LogP contribution in [0.25, 0.3) is 0 Å². The van der Waals surface area contributed by atoms with Gasteiger partial charge in [-0.15, -0.1) is 0 Å². The fraction of sp³-hybridized carbons (Fsp3) is 0.0714. The number of aromatic hydroxyl groups is 2. The van der Waals surface area contributed by atoms with Gasteiger partial charge in [0.1, 0.15) is 11.5 Å².